The summed E-state index contributed by atoms with van der Waals surface area (Å²) >= 11 is 1.22. The first-order chi connectivity index (χ1) is 12.4. The molecule has 0 aromatic heterocycles. The first kappa shape index (κ1) is 19.5. The van der Waals surface area contributed by atoms with Crippen LogP contribution in [-0.4, -0.2) is 37.8 Å². The van der Waals surface area contributed by atoms with E-state index in [0.29, 0.717) is 0 Å². The molecule has 2 rings (SSSR count). The molecule has 0 heterocycles. The molecule has 0 fully saturated rings. The fourth-order valence-corrected chi connectivity index (χ4v) is 2.75. The van der Waals surface area contributed by atoms with Crippen molar-refractivity contribution in [3.8, 4) is 0 Å². The van der Waals surface area contributed by atoms with E-state index in [4.69, 9.17) is 0 Å². The summed E-state index contributed by atoms with van der Waals surface area (Å²) < 4.78 is 22.2. The van der Waals surface area contributed by atoms with Crippen molar-refractivity contribution in [3.05, 3.63) is 59.4 Å². The molecule has 0 unspecified atom stereocenters. The number of esters is 2. The van der Waals surface area contributed by atoms with Gasteiger partial charge in [0.25, 0.3) is 0 Å². The van der Waals surface area contributed by atoms with Crippen LogP contribution in [0.3, 0.4) is 0 Å². The van der Waals surface area contributed by atoms with E-state index in [1.807, 2.05) is 0 Å². The van der Waals surface area contributed by atoms with Gasteiger partial charge in [0.05, 0.1) is 31.1 Å². The van der Waals surface area contributed by atoms with Crippen molar-refractivity contribution in [1.29, 1.82) is 0 Å². The van der Waals surface area contributed by atoms with Gasteiger partial charge in [-0.3, -0.25) is 4.79 Å². The average Bonchev–Trinajstić information content (AvgIpc) is 2.65. The van der Waals surface area contributed by atoms with Crippen LogP contribution in [0.5, 0.6) is 0 Å². The average molecular weight is 377 g/mol. The van der Waals surface area contributed by atoms with Gasteiger partial charge in [0.1, 0.15) is 5.82 Å². The van der Waals surface area contributed by atoms with Crippen LogP contribution in [-0.2, 0) is 14.3 Å². The number of carbonyl (C=O) groups excluding carboxylic acids is 3. The van der Waals surface area contributed by atoms with Crippen LogP contribution in [0.1, 0.15) is 20.7 Å². The minimum absolute atomic E-state index is 0.0711. The van der Waals surface area contributed by atoms with Crippen LogP contribution in [0.25, 0.3) is 0 Å². The molecule has 0 aliphatic carbocycles. The Labute approximate surface area is 153 Å². The van der Waals surface area contributed by atoms with E-state index in [2.05, 4.69) is 14.8 Å². The third-order valence-electron chi connectivity index (χ3n) is 3.24. The normalized spacial score (nSPS) is 10.1. The van der Waals surface area contributed by atoms with Gasteiger partial charge < -0.3 is 14.8 Å². The molecular weight excluding hydrogens is 361 g/mol. The second kappa shape index (κ2) is 9.00. The highest BCUT2D eigenvalue weighted by atomic mass is 32.2. The Morgan fingerprint density at radius 3 is 2.00 bits per heavy atom. The number of methoxy groups -OCH3 is 2. The van der Waals surface area contributed by atoms with E-state index in [1.165, 1.54) is 56.3 Å². The predicted molar refractivity (Wildman–Crippen MR) is 94.9 cm³/mol. The van der Waals surface area contributed by atoms with Crippen molar-refractivity contribution in [3.63, 3.8) is 0 Å². The van der Waals surface area contributed by atoms with Crippen molar-refractivity contribution in [2.24, 2.45) is 0 Å². The number of ether oxygens (including phenoxy) is 2. The van der Waals surface area contributed by atoms with Gasteiger partial charge in [0.15, 0.2) is 0 Å². The van der Waals surface area contributed by atoms with E-state index < -0.39 is 11.9 Å². The summed E-state index contributed by atoms with van der Waals surface area (Å²) in [6.45, 7) is 0. The molecule has 8 heteroatoms. The highest BCUT2D eigenvalue weighted by Gasteiger charge is 2.15. The lowest BCUT2D eigenvalue weighted by atomic mass is 10.1. The summed E-state index contributed by atoms with van der Waals surface area (Å²) in [6, 6.07) is 9.88. The van der Waals surface area contributed by atoms with Crippen LogP contribution in [0.4, 0.5) is 10.1 Å². The summed E-state index contributed by atoms with van der Waals surface area (Å²) in [6.07, 6.45) is 0. The van der Waals surface area contributed by atoms with E-state index in [9.17, 15) is 18.8 Å². The Kier molecular flexibility index (Phi) is 6.74. The summed E-state index contributed by atoms with van der Waals surface area (Å²) in [5, 5.41) is 2.61. The molecule has 2 aromatic carbocycles. The smallest absolute Gasteiger partial charge is 0.337 e. The highest BCUT2D eigenvalue weighted by molar-refractivity contribution is 8.00. The lowest BCUT2D eigenvalue weighted by Crippen LogP contribution is -2.16. The monoisotopic (exact) mass is 377 g/mol. The molecule has 0 aliphatic rings. The quantitative estimate of drug-likeness (QED) is 0.615. The maximum absolute atomic E-state index is 12.9. The number of carbonyl (C=O) groups is 3. The number of nitrogens with one attached hydrogen (secondary N) is 1. The van der Waals surface area contributed by atoms with Gasteiger partial charge in [-0.2, -0.15) is 0 Å². The minimum Gasteiger partial charge on any atom is -0.465 e. The Hall–Kier alpha value is -2.87. The van der Waals surface area contributed by atoms with Gasteiger partial charge in [-0.1, -0.05) is 0 Å². The molecule has 0 saturated carbocycles. The van der Waals surface area contributed by atoms with Crippen LogP contribution >= 0.6 is 11.8 Å². The summed E-state index contributed by atoms with van der Waals surface area (Å²) in [5.74, 6) is -1.92. The molecular formula is C18H16FNO5S. The predicted octanol–water partition coefficient (Wildman–Crippen LogP) is 3.13. The molecule has 0 saturated heterocycles. The molecule has 26 heavy (non-hydrogen) atoms. The van der Waals surface area contributed by atoms with Crippen LogP contribution in [0, 0.1) is 5.82 Å². The first-order valence-corrected chi connectivity index (χ1v) is 8.41. The van der Waals surface area contributed by atoms with Gasteiger partial charge >= 0.3 is 11.9 Å². The highest BCUT2D eigenvalue weighted by Crippen LogP contribution is 2.20. The standard InChI is InChI=1S/C18H16FNO5S/c1-24-17(22)11-7-12(18(23)25-2)9-14(8-11)20-16(21)10-26-15-5-3-13(19)4-6-15/h3-9H,10H2,1-2H3,(H,20,21). The van der Waals surface area contributed by atoms with Crippen molar-refractivity contribution in [1.82, 2.24) is 0 Å². The zero-order valence-corrected chi connectivity index (χ0v) is 14.9. The molecule has 6 nitrogen and oxygen atoms in total. The Bertz CT molecular complexity index is 789. The molecule has 2 aromatic rings. The Morgan fingerprint density at radius 2 is 1.50 bits per heavy atom. The van der Waals surface area contributed by atoms with Crippen LogP contribution < -0.4 is 5.32 Å². The number of hydrogen-bond acceptors (Lipinski definition) is 6. The molecule has 1 N–H and O–H groups in total. The molecule has 0 spiro atoms. The van der Waals surface area contributed by atoms with Crippen molar-refractivity contribution in [2.45, 2.75) is 4.90 Å². The molecule has 136 valence electrons. The van der Waals surface area contributed by atoms with Crippen LogP contribution in [0.15, 0.2) is 47.4 Å². The lowest BCUT2D eigenvalue weighted by Gasteiger charge is -2.09. The third kappa shape index (κ3) is 5.32. The Morgan fingerprint density at radius 1 is 0.962 bits per heavy atom. The van der Waals surface area contributed by atoms with Crippen molar-refractivity contribution in [2.75, 3.05) is 25.3 Å². The number of hydrogen-bond donors (Lipinski definition) is 1. The fourth-order valence-electron chi connectivity index (χ4n) is 2.05. The number of benzene rings is 2. The maximum atomic E-state index is 12.9. The van der Waals surface area contributed by atoms with Gasteiger partial charge in [-0.25, -0.2) is 14.0 Å². The molecule has 0 aliphatic heterocycles. The van der Waals surface area contributed by atoms with Gasteiger partial charge in [-0.05, 0) is 42.5 Å². The molecule has 0 radical (unpaired) electrons. The Balaban J connectivity index is 2.11. The van der Waals surface area contributed by atoms with E-state index in [1.54, 1.807) is 12.1 Å². The number of halogens is 1. The van der Waals surface area contributed by atoms with E-state index >= 15 is 0 Å². The SMILES string of the molecule is COC(=O)c1cc(NC(=O)CSc2ccc(F)cc2)cc(C(=O)OC)c1. The number of rotatable bonds is 6. The largest absolute Gasteiger partial charge is 0.465 e. The zero-order valence-electron chi connectivity index (χ0n) is 14.1. The second-order valence-corrected chi connectivity index (χ2v) is 6.12. The number of amides is 1. The van der Waals surface area contributed by atoms with Crippen molar-refractivity contribution >= 4 is 35.3 Å². The first-order valence-electron chi connectivity index (χ1n) is 7.43. The number of thioether (sulfide) groups is 1. The van der Waals surface area contributed by atoms with E-state index in [0.717, 1.165) is 4.90 Å². The zero-order chi connectivity index (χ0) is 19.1. The van der Waals surface area contributed by atoms with E-state index in [-0.39, 0.29) is 34.3 Å². The molecule has 0 bridgehead atoms. The van der Waals surface area contributed by atoms with Crippen LogP contribution in [0.2, 0.25) is 0 Å². The second-order valence-electron chi connectivity index (χ2n) is 5.07. The van der Waals surface area contributed by atoms with Gasteiger partial charge in [0, 0.05) is 10.6 Å². The molecule has 0 atom stereocenters. The van der Waals surface area contributed by atoms with Gasteiger partial charge in [-0.15, -0.1) is 11.8 Å². The lowest BCUT2D eigenvalue weighted by molar-refractivity contribution is -0.113. The molecule has 1 amide bonds. The third-order valence-corrected chi connectivity index (χ3v) is 4.25. The fraction of sp³-hybridized carbons (Fsp3) is 0.167. The summed E-state index contributed by atoms with van der Waals surface area (Å²) in [5.41, 5.74) is 0.479. The summed E-state index contributed by atoms with van der Waals surface area (Å²) in [7, 11) is 2.43. The minimum atomic E-state index is -0.646. The topological polar surface area (TPSA) is 81.7 Å². The van der Waals surface area contributed by atoms with Gasteiger partial charge in [0.2, 0.25) is 5.91 Å². The maximum Gasteiger partial charge on any atom is 0.337 e. The number of anilines is 1. The summed E-state index contributed by atoms with van der Waals surface area (Å²) in [4.78, 5) is 36.3. The van der Waals surface area contributed by atoms with Crippen molar-refractivity contribution < 1.29 is 28.2 Å².